The normalized spacial score (nSPS) is 10.9. The summed E-state index contributed by atoms with van der Waals surface area (Å²) in [4.78, 5) is 14.4. The van der Waals surface area contributed by atoms with Gasteiger partial charge in [-0.25, -0.2) is 4.79 Å². The zero-order valence-electron chi connectivity index (χ0n) is 12.5. The van der Waals surface area contributed by atoms with E-state index in [-0.39, 0.29) is 11.5 Å². The van der Waals surface area contributed by atoms with Gasteiger partial charge in [-0.3, -0.25) is 0 Å². The van der Waals surface area contributed by atoms with Crippen LogP contribution in [-0.2, 0) is 0 Å². The molecule has 22 heavy (non-hydrogen) atoms. The molecule has 0 aliphatic heterocycles. The highest BCUT2D eigenvalue weighted by atomic mass is 16.4. The Balaban J connectivity index is 2.08. The molecule has 0 spiro atoms. The lowest BCUT2D eigenvalue weighted by Gasteiger charge is -1.98. The minimum atomic E-state index is -1.02. The fourth-order valence-corrected chi connectivity index (χ4v) is 2.45. The molecule has 2 heterocycles. The average Bonchev–Trinajstić information content (AvgIpc) is 3.03. The Bertz CT molecular complexity index is 844. The quantitative estimate of drug-likeness (QED) is 0.773. The molecule has 0 radical (unpaired) electrons. The first-order valence-electron chi connectivity index (χ1n) is 6.80. The molecular weight excluding hydrogens is 282 g/mol. The maximum absolute atomic E-state index is 11.4. The third kappa shape index (κ3) is 2.28. The molecule has 6 heteroatoms. The number of rotatable bonds is 3. The molecule has 3 aromatic rings. The fourth-order valence-electron chi connectivity index (χ4n) is 2.45. The molecule has 0 atom stereocenters. The zero-order chi connectivity index (χ0) is 15.9. The van der Waals surface area contributed by atoms with Crippen molar-refractivity contribution in [2.24, 2.45) is 0 Å². The van der Waals surface area contributed by atoms with Crippen LogP contribution in [0.5, 0.6) is 0 Å². The van der Waals surface area contributed by atoms with Gasteiger partial charge in [0.25, 0.3) is 5.89 Å². The van der Waals surface area contributed by atoms with Crippen LogP contribution in [0.1, 0.15) is 27.3 Å². The van der Waals surface area contributed by atoms with E-state index in [0.717, 1.165) is 11.1 Å². The van der Waals surface area contributed by atoms with Crippen LogP contribution in [0, 0.1) is 20.8 Å². The van der Waals surface area contributed by atoms with Gasteiger partial charge in [0, 0.05) is 17.0 Å². The molecular formula is C16H15N3O3. The predicted molar refractivity (Wildman–Crippen MR) is 80.7 cm³/mol. The Morgan fingerprint density at radius 3 is 2.32 bits per heavy atom. The summed E-state index contributed by atoms with van der Waals surface area (Å²) in [5.74, 6) is -0.452. The number of hydrogen-bond acceptors (Lipinski definition) is 4. The molecule has 2 N–H and O–H groups in total. The first kappa shape index (κ1) is 14.1. The number of carboxylic acids is 1. The van der Waals surface area contributed by atoms with E-state index in [0.29, 0.717) is 22.8 Å². The summed E-state index contributed by atoms with van der Waals surface area (Å²) in [5, 5.41) is 17.4. The first-order valence-corrected chi connectivity index (χ1v) is 6.80. The Kier molecular flexibility index (Phi) is 3.29. The topological polar surface area (TPSA) is 92.0 Å². The molecule has 3 rings (SSSR count). The second-order valence-electron chi connectivity index (χ2n) is 5.21. The number of benzene rings is 1. The van der Waals surface area contributed by atoms with Crippen molar-refractivity contribution in [1.29, 1.82) is 0 Å². The minimum Gasteiger partial charge on any atom is -0.478 e. The van der Waals surface area contributed by atoms with Crippen LogP contribution >= 0.6 is 0 Å². The number of H-pyrrole nitrogens is 1. The average molecular weight is 297 g/mol. The Labute approximate surface area is 126 Å². The summed E-state index contributed by atoms with van der Waals surface area (Å²) >= 11 is 0. The molecule has 0 aliphatic carbocycles. The Morgan fingerprint density at radius 2 is 1.68 bits per heavy atom. The lowest BCUT2D eigenvalue weighted by molar-refractivity contribution is 0.0697. The van der Waals surface area contributed by atoms with E-state index in [4.69, 9.17) is 4.42 Å². The van der Waals surface area contributed by atoms with Gasteiger partial charge in [-0.15, -0.1) is 10.2 Å². The van der Waals surface area contributed by atoms with Gasteiger partial charge in [0.05, 0.1) is 11.1 Å². The second-order valence-corrected chi connectivity index (χ2v) is 5.21. The lowest BCUT2D eigenvalue weighted by Crippen LogP contribution is -1.99. The maximum Gasteiger partial charge on any atom is 0.338 e. The number of nitrogens with one attached hydrogen (secondary N) is 1. The van der Waals surface area contributed by atoms with Crippen molar-refractivity contribution in [3.05, 3.63) is 46.8 Å². The molecule has 0 saturated heterocycles. The van der Waals surface area contributed by atoms with Gasteiger partial charge in [0.2, 0.25) is 5.89 Å². The van der Waals surface area contributed by atoms with E-state index >= 15 is 0 Å². The summed E-state index contributed by atoms with van der Waals surface area (Å²) in [6.07, 6.45) is 0. The summed E-state index contributed by atoms with van der Waals surface area (Å²) in [6.45, 7) is 5.48. The smallest absolute Gasteiger partial charge is 0.338 e. The highest BCUT2D eigenvalue weighted by molar-refractivity contribution is 5.97. The van der Waals surface area contributed by atoms with Gasteiger partial charge >= 0.3 is 5.97 Å². The van der Waals surface area contributed by atoms with Crippen LogP contribution in [0.25, 0.3) is 22.9 Å². The Hall–Kier alpha value is -2.89. The van der Waals surface area contributed by atoms with E-state index in [2.05, 4.69) is 15.2 Å². The van der Waals surface area contributed by atoms with Gasteiger partial charge < -0.3 is 14.5 Å². The molecule has 112 valence electrons. The zero-order valence-corrected chi connectivity index (χ0v) is 12.5. The summed E-state index contributed by atoms with van der Waals surface area (Å²) in [6, 6.07) is 7.68. The predicted octanol–water partition coefficient (Wildman–Crippen LogP) is 3.36. The van der Waals surface area contributed by atoms with Crippen LogP contribution < -0.4 is 0 Å². The molecule has 0 amide bonds. The van der Waals surface area contributed by atoms with Crippen molar-refractivity contribution in [2.45, 2.75) is 20.8 Å². The van der Waals surface area contributed by atoms with Gasteiger partial charge in [-0.1, -0.05) is 17.7 Å². The number of aromatic carboxylic acids is 1. The summed E-state index contributed by atoms with van der Waals surface area (Å²) < 4.78 is 5.68. The van der Waals surface area contributed by atoms with Crippen LogP contribution in [0.15, 0.2) is 28.7 Å². The number of nitrogens with zero attached hydrogens (tertiary/aromatic N) is 2. The molecule has 0 bridgehead atoms. The van der Waals surface area contributed by atoms with E-state index in [1.165, 1.54) is 0 Å². The molecule has 0 aliphatic rings. The number of aromatic amines is 1. The molecule has 2 aromatic heterocycles. The van der Waals surface area contributed by atoms with Crippen molar-refractivity contribution >= 4 is 5.97 Å². The molecule has 0 unspecified atom stereocenters. The van der Waals surface area contributed by atoms with Crippen molar-refractivity contribution in [1.82, 2.24) is 15.2 Å². The summed E-state index contributed by atoms with van der Waals surface area (Å²) in [5.41, 5.74) is 3.79. The highest BCUT2D eigenvalue weighted by Crippen LogP contribution is 2.31. The molecule has 0 fully saturated rings. The third-order valence-corrected chi connectivity index (χ3v) is 3.53. The monoisotopic (exact) mass is 297 g/mol. The van der Waals surface area contributed by atoms with Crippen molar-refractivity contribution in [2.75, 3.05) is 0 Å². The number of aryl methyl sites for hydroxylation is 3. The van der Waals surface area contributed by atoms with Crippen LogP contribution in [0.4, 0.5) is 0 Å². The third-order valence-electron chi connectivity index (χ3n) is 3.53. The van der Waals surface area contributed by atoms with Crippen molar-refractivity contribution in [3.8, 4) is 22.9 Å². The minimum absolute atomic E-state index is 0.164. The largest absolute Gasteiger partial charge is 0.478 e. The van der Waals surface area contributed by atoms with E-state index < -0.39 is 5.97 Å². The van der Waals surface area contributed by atoms with Crippen LogP contribution in [-0.4, -0.2) is 26.3 Å². The number of hydrogen-bond donors (Lipinski definition) is 2. The molecule has 0 saturated carbocycles. The number of aromatic nitrogens is 3. The van der Waals surface area contributed by atoms with E-state index in [1.54, 1.807) is 13.8 Å². The van der Waals surface area contributed by atoms with Gasteiger partial charge in [0.1, 0.15) is 0 Å². The van der Waals surface area contributed by atoms with E-state index in [9.17, 15) is 9.90 Å². The highest BCUT2D eigenvalue weighted by Gasteiger charge is 2.24. The van der Waals surface area contributed by atoms with Crippen LogP contribution in [0.2, 0.25) is 0 Å². The second kappa shape index (κ2) is 5.14. The van der Waals surface area contributed by atoms with Gasteiger partial charge in [0.15, 0.2) is 0 Å². The SMILES string of the molecule is Cc1ccc(-c2nnc(-c3c(C)[nH]c(C)c3C(=O)O)o2)cc1. The standard InChI is InChI=1S/C16H15N3O3/c1-8-4-6-11(7-5-8)14-18-19-15(22-14)12-9(2)17-10(3)13(12)16(20)21/h4-7,17H,1-3H3,(H,20,21). The van der Waals surface area contributed by atoms with Gasteiger partial charge in [-0.2, -0.15) is 0 Å². The van der Waals surface area contributed by atoms with E-state index in [1.807, 2.05) is 31.2 Å². The first-order chi connectivity index (χ1) is 10.5. The summed E-state index contributed by atoms with van der Waals surface area (Å²) in [7, 11) is 0. The van der Waals surface area contributed by atoms with Crippen LogP contribution in [0.3, 0.4) is 0 Å². The number of carboxylic acid groups (broad SMARTS) is 1. The van der Waals surface area contributed by atoms with Gasteiger partial charge in [-0.05, 0) is 32.9 Å². The Morgan fingerprint density at radius 1 is 1.05 bits per heavy atom. The van der Waals surface area contributed by atoms with Crippen molar-refractivity contribution in [3.63, 3.8) is 0 Å². The number of carbonyl (C=O) groups is 1. The lowest BCUT2D eigenvalue weighted by atomic mass is 10.1. The molecule has 1 aromatic carbocycles. The maximum atomic E-state index is 11.4. The fraction of sp³-hybridized carbons (Fsp3) is 0.188. The van der Waals surface area contributed by atoms with Crippen molar-refractivity contribution < 1.29 is 14.3 Å². The molecule has 6 nitrogen and oxygen atoms in total.